The summed E-state index contributed by atoms with van der Waals surface area (Å²) >= 11 is 7.33. The van der Waals surface area contributed by atoms with Crippen LogP contribution in [0.3, 0.4) is 0 Å². The number of hydrogen-bond acceptors (Lipinski definition) is 2. The molecule has 1 aliphatic heterocycles. The van der Waals surface area contributed by atoms with Crippen LogP contribution in [0.5, 0.6) is 0 Å². The van der Waals surface area contributed by atoms with Crippen LogP contribution in [0, 0.1) is 4.77 Å². The number of thioether (sulfide) groups is 1. The number of aromatic amines is 1. The molecule has 2 nitrogen and oxygen atoms in total. The molecule has 0 saturated carbocycles. The van der Waals surface area contributed by atoms with E-state index in [-0.39, 0.29) is 0 Å². The van der Waals surface area contributed by atoms with Gasteiger partial charge in [-0.05, 0) is 32.5 Å². The van der Waals surface area contributed by atoms with Gasteiger partial charge in [0.1, 0.15) is 0 Å². The summed E-state index contributed by atoms with van der Waals surface area (Å²) < 4.78 is 3.51. The van der Waals surface area contributed by atoms with Gasteiger partial charge in [0.15, 0.2) is 4.77 Å². The summed E-state index contributed by atoms with van der Waals surface area (Å²) in [5.41, 5.74) is 1.33. The Kier molecular flexibility index (Phi) is 2.52. The number of hydrogen-bond donors (Lipinski definition) is 1. The maximum Gasteiger partial charge on any atom is 0.177 e. The van der Waals surface area contributed by atoms with Gasteiger partial charge in [-0.15, -0.1) is 0 Å². The fourth-order valence-corrected chi connectivity index (χ4v) is 3.45. The second kappa shape index (κ2) is 3.42. The lowest BCUT2D eigenvalue weighted by molar-refractivity contribution is 0.405. The third-order valence-corrected chi connectivity index (χ3v) is 4.79. The van der Waals surface area contributed by atoms with Crippen LogP contribution in [0.25, 0.3) is 0 Å². The lowest BCUT2D eigenvalue weighted by atomic mass is 10.0. The molecule has 1 aliphatic rings. The van der Waals surface area contributed by atoms with E-state index in [0.29, 0.717) is 10.8 Å². The predicted octanol–water partition coefficient (Wildman–Crippen LogP) is 3.17. The molecular formula is C10H16N2S2. The molecule has 78 valence electrons. The van der Waals surface area contributed by atoms with Gasteiger partial charge in [-0.1, -0.05) is 6.92 Å². The average Bonchev–Trinajstić information content (AvgIpc) is 2.47. The molecule has 0 amide bonds. The highest BCUT2D eigenvalue weighted by atomic mass is 32.2. The van der Waals surface area contributed by atoms with Gasteiger partial charge in [0.05, 0.1) is 6.04 Å². The molecule has 1 saturated heterocycles. The molecule has 0 bridgehead atoms. The molecule has 0 aliphatic carbocycles. The molecule has 2 heterocycles. The lowest BCUT2D eigenvalue weighted by Gasteiger charge is -2.44. The molecule has 14 heavy (non-hydrogen) atoms. The smallest absolute Gasteiger partial charge is 0.177 e. The number of nitrogens with one attached hydrogen (secondary N) is 1. The first-order valence-electron chi connectivity index (χ1n) is 4.99. The summed E-state index contributed by atoms with van der Waals surface area (Å²) in [5, 5.41) is 0. The second-order valence-electron chi connectivity index (χ2n) is 4.24. The summed E-state index contributed by atoms with van der Waals surface area (Å²) in [6, 6.07) is 0.571. The number of rotatable bonds is 2. The minimum atomic E-state index is 0.338. The molecule has 1 unspecified atom stereocenters. The Bertz CT molecular complexity index is 389. The fourth-order valence-electron chi connectivity index (χ4n) is 1.91. The van der Waals surface area contributed by atoms with Crippen molar-refractivity contribution >= 4 is 24.0 Å². The van der Waals surface area contributed by atoms with Crippen molar-refractivity contribution in [3.63, 3.8) is 0 Å². The highest BCUT2D eigenvalue weighted by molar-refractivity contribution is 8.02. The molecule has 2 rings (SSSR count). The first-order valence-corrected chi connectivity index (χ1v) is 6.38. The molecule has 0 spiro atoms. The van der Waals surface area contributed by atoms with E-state index in [4.69, 9.17) is 12.2 Å². The van der Waals surface area contributed by atoms with Gasteiger partial charge in [-0.25, -0.2) is 0 Å². The number of nitrogens with zero attached hydrogens (tertiary/aromatic N) is 1. The Labute approximate surface area is 94.1 Å². The number of aryl methyl sites for hydroxylation is 1. The molecule has 1 N–H and O–H groups in total. The normalized spacial score (nSPS) is 24.6. The standard InChI is InChI=1S/C10H16N2S2/c1-4-7-5-11-9(13)12(7)8-6-14-10(8,2)3/h5,8H,4,6H2,1-3H3,(H,11,13). The Morgan fingerprint density at radius 2 is 2.43 bits per heavy atom. The van der Waals surface area contributed by atoms with Crippen molar-refractivity contribution in [2.24, 2.45) is 0 Å². The molecule has 1 atom stereocenters. The number of aromatic nitrogens is 2. The lowest BCUT2D eigenvalue weighted by Crippen LogP contribution is -2.42. The van der Waals surface area contributed by atoms with Crippen molar-refractivity contribution in [3.8, 4) is 0 Å². The Balaban J connectivity index is 2.41. The van der Waals surface area contributed by atoms with Gasteiger partial charge in [-0.3, -0.25) is 0 Å². The molecule has 1 aromatic heterocycles. The average molecular weight is 228 g/mol. The van der Waals surface area contributed by atoms with Gasteiger partial charge >= 0.3 is 0 Å². The molecule has 0 aromatic carbocycles. The van der Waals surface area contributed by atoms with Crippen LogP contribution in [0.15, 0.2) is 6.20 Å². The first kappa shape index (κ1) is 10.3. The predicted molar refractivity (Wildman–Crippen MR) is 64.6 cm³/mol. The quantitative estimate of drug-likeness (QED) is 0.785. The minimum Gasteiger partial charge on any atom is -0.337 e. The zero-order valence-corrected chi connectivity index (χ0v) is 10.5. The van der Waals surface area contributed by atoms with Gasteiger partial charge in [0, 0.05) is 22.4 Å². The summed E-state index contributed by atoms with van der Waals surface area (Å²) in [6.07, 6.45) is 3.09. The van der Waals surface area contributed by atoms with E-state index >= 15 is 0 Å². The number of imidazole rings is 1. The van der Waals surface area contributed by atoms with E-state index in [2.05, 4.69) is 30.3 Å². The van der Waals surface area contributed by atoms with E-state index in [9.17, 15) is 0 Å². The summed E-state index contributed by atoms with van der Waals surface area (Å²) in [7, 11) is 0. The Morgan fingerprint density at radius 3 is 2.86 bits per heavy atom. The van der Waals surface area contributed by atoms with Crippen LogP contribution in [0.2, 0.25) is 0 Å². The molecular weight excluding hydrogens is 212 g/mol. The minimum absolute atomic E-state index is 0.338. The zero-order valence-electron chi connectivity index (χ0n) is 8.83. The van der Waals surface area contributed by atoms with E-state index in [0.717, 1.165) is 11.2 Å². The summed E-state index contributed by atoms with van der Waals surface area (Å²) in [6.45, 7) is 6.76. The van der Waals surface area contributed by atoms with Crippen molar-refractivity contribution < 1.29 is 0 Å². The van der Waals surface area contributed by atoms with Gasteiger partial charge in [0.2, 0.25) is 0 Å². The second-order valence-corrected chi connectivity index (χ2v) is 6.30. The van der Waals surface area contributed by atoms with Crippen LogP contribution in [-0.4, -0.2) is 20.1 Å². The van der Waals surface area contributed by atoms with E-state index in [1.807, 2.05) is 18.0 Å². The van der Waals surface area contributed by atoms with Gasteiger partial charge < -0.3 is 9.55 Å². The van der Waals surface area contributed by atoms with Crippen LogP contribution in [0.4, 0.5) is 0 Å². The largest absolute Gasteiger partial charge is 0.337 e. The van der Waals surface area contributed by atoms with Gasteiger partial charge in [-0.2, -0.15) is 11.8 Å². The molecule has 1 fully saturated rings. The van der Waals surface area contributed by atoms with E-state index in [1.54, 1.807) is 0 Å². The maximum absolute atomic E-state index is 5.32. The molecule has 1 aromatic rings. The summed E-state index contributed by atoms with van der Waals surface area (Å²) in [5.74, 6) is 1.19. The van der Waals surface area contributed by atoms with Crippen LogP contribution in [0.1, 0.15) is 32.5 Å². The number of H-pyrrole nitrogens is 1. The van der Waals surface area contributed by atoms with Crippen LogP contribution < -0.4 is 0 Å². The van der Waals surface area contributed by atoms with Gasteiger partial charge in [0.25, 0.3) is 0 Å². The third-order valence-electron chi connectivity index (χ3n) is 2.98. The maximum atomic E-state index is 5.32. The van der Waals surface area contributed by atoms with Crippen molar-refractivity contribution in [3.05, 3.63) is 16.7 Å². The monoisotopic (exact) mass is 228 g/mol. The highest BCUT2D eigenvalue weighted by Gasteiger charge is 2.41. The highest BCUT2D eigenvalue weighted by Crippen LogP contribution is 2.48. The van der Waals surface area contributed by atoms with Crippen LogP contribution >= 0.6 is 24.0 Å². The van der Waals surface area contributed by atoms with Crippen molar-refractivity contribution in [1.82, 2.24) is 9.55 Å². The Morgan fingerprint density at radius 1 is 1.71 bits per heavy atom. The van der Waals surface area contributed by atoms with Crippen molar-refractivity contribution in [2.45, 2.75) is 38.0 Å². The topological polar surface area (TPSA) is 20.7 Å². The van der Waals surface area contributed by atoms with E-state index < -0.39 is 0 Å². The molecule has 0 radical (unpaired) electrons. The SMILES string of the molecule is CCc1c[nH]c(=S)n1C1CSC1(C)C. The fraction of sp³-hybridized carbons (Fsp3) is 0.700. The third kappa shape index (κ3) is 1.44. The molecule has 4 heteroatoms. The van der Waals surface area contributed by atoms with E-state index in [1.165, 1.54) is 11.4 Å². The van der Waals surface area contributed by atoms with Crippen molar-refractivity contribution in [1.29, 1.82) is 0 Å². The summed E-state index contributed by atoms with van der Waals surface area (Å²) in [4.78, 5) is 3.14. The zero-order chi connectivity index (χ0) is 10.3. The van der Waals surface area contributed by atoms with Crippen molar-refractivity contribution in [2.75, 3.05) is 5.75 Å². The van der Waals surface area contributed by atoms with Crippen LogP contribution in [-0.2, 0) is 6.42 Å². The Hall–Kier alpha value is -0.220. The first-order chi connectivity index (χ1) is 6.56.